The van der Waals surface area contributed by atoms with E-state index in [0.29, 0.717) is 5.95 Å². The molecule has 0 bridgehead atoms. The van der Waals surface area contributed by atoms with Crippen LogP contribution >= 0.6 is 11.3 Å². The minimum Gasteiger partial charge on any atom is -0.278 e. The summed E-state index contributed by atoms with van der Waals surface area (Å²) in [7, 11) is 0. The van der Waals surface area contributed by atoms with Gasteiger partial charge in [-0.05, 0) is 70.8 Å². The van der Waals surface area contributed by atoms with E-state index in [9.17, 15) is 0 Å². The molecule has 3 aromatic heterocycles. The van der Waals surface area contributed by atoms with Gasteiger partial charge in [-0.25, -0.2) is 9.97 Å². The summed E-state index contributed by atoms with van der Waals surface area (Å²) in [6, 6.07) is 58.4. The molecule has 0 saturated heterocycles. The van der Waals surface area contributed by atoms with Crippen LogP contribution in [0, 0.1) is 0 Å². The first kappa shape index (κ1) is 27.1. The van der Waals surface area contributed by atoms with Gasteiger partial charge in [0, 0.05) is 41.9 Å². The second-order valence-corrected chi connectivity index (χ2v) is 13.3. The number of aromatic nitrogens is 3. The Balaban J connectivity index is 1.17. The van der Waals surface area contributed by atoms with Crippen LogP contribution in [-0.2, 0) is 0 Å². The van der Waals surface area contributed by atoms with Crippen LogP contribution in [0.1, 0.15) is 0 Å². The van der Waals surface area contributed by atoms with Crippen LogP contribution < -0.4 is 0 Å². The minimum absolute atomic E-state index is 0.666. The fourth-order valence-electron chi connectivity index (χ4n) is 7.13. The minimum atomic E-state index is 0.666. The Bertz CT molecular complexity index is 2840. The van der Waals surface area contributed by atoms with E-state index in [1.807, 2.05) is 11.3 Å². The molecule has 0 radical (unpaired) electrons. The van der Waals surface area contributed by atoms with Crippen molar-refractivity contribution in [1.82, 2.24) is 14.5 Å². The fraction of sp³-hybridized carbons (Fsp3) is 0. The van der Waals surface area contributed by atoms with Gasteiger partial charge in [0.15, 0.2) is 0 Å². The molecule has 10 aromatic rings. The first-order chi connectivity index (χ1) is 23.8. The second kappa shape index (κ2) is 10.7. The molecule has 0 spiro atoms. The van der Waals surface area contributed by atoms with Crippen molar-refractivity contribution < 1.29 is 0 Å². The molecule has 0 N–H and O–H groups in total. The molecule has 224 valence electrons. The van der Waals surface area contributed by atoms with Gasteiger partial charge in [-0.3, -0.25) is 4.57 Å². The Hall–Kier alpha value is -6.10. The van der Waals surface area contributed by atoms with Gasteiger partial charge in [0.1, 0.15) is 0 Å². The molecular weight excluding hydrogens is 603 g/mol. The Morgan fingerprint density at radius 1 is 0.375 bits per heavy atom. The third kappa shape index (κ3) is 4.27. The van der Waals surface area contributed by atoms with Gasteiger partial charge in [0.2, 0.25) is 5.95 Å². The average Bonchev–Trinajstić information content (AvgIpc) is 3.70. The van der Waals surface area contributed by atoms with Crippen molar-refractivity contribution in [1.29, 1.82) is 0 Å². The van der Waals surface area contributed by atoms with Crippen molar-refractivity contribution in [3.05, 3.63) is 164 Å². The lowest BCUT2D eigenvalue weighted by molar-refractivity contribution is 1.01. The molecule has 0 aliphatic rings. The summed E-state index contributed by atoms with van der Waals surface area (Å²) in [4.78, 5) is 10.5. The van der Waals surface area contributed by atoms with Gasteiger partial charge in [0.05, 0.1) is 22.2 Å². The molecule has 0 aliphatic carbocycles. The maximum atomic E-state index is 5.34. The maximum absolute atomic E-state index is 5.34. The SMILES string of the molecule is c1ccc(-c2cccc(-c3nc(-n4c5ccccc5c5cc(-c6ccc7sc8ccccc8c7c6)ccc54)nc4ccccc34)c2)cc1. The van der Waals surface area contributed by atoms with Crippen LogP contribution in [0.3, 0.4) is 0 Å². The Labute approximate surface area is 281 Å². The van der Waals surface area contributed by atoms with Crippen molar-refractivity contribution in [3.63, 3.8) is 0 Å². The summed E-state index contributed by atoms with van der Waals surface area (Å²) in [5.74, 6) is 0.666. The zero-order chi connectivity index (χ0) is 31.6. The van der Waals surface area contributed by atoms with Crippen molar-refractivity contribution in [3.8, 4) is 39.5 Å². The van der Waals surface area contributed by atoms with E-state index in [2.05, 4.69) is 168 Å². The van der Waals surface area contributed by atoms with Crippen molar-refractivity contribution in [2.45, 2.75) is 0 Å². The highest BCUT2D eigenvalue weighted by Crippen LogP contribution is 2.39. The highest BCUT2D eigenvalue weighted by Gasteiger charge is 2.18. The Morgan fingerprint density at radius 3 is 1.90 bits per heavy atom. The average molecular weight is 630 g/mol. The second-order valence-electron chi connectivity index (χ2n) is 12.2. The lowest BCUT2D eigenvalue weighted by Crippen LogP contribution is -2.03. The summed E-state index contributed by atoms with van der Waals surface area (Å²) in [5, 5.41) is 6.02. The van der Waals surface area contributed by atoms with Crippen molar-refractivity contribution in [2.75, 3.05) is 0 Å². The lowest BCUT2D eigenvalue weighted by Gasteiger charge is -2.13. The number of hydrogen-bond acceptors (Lipinski definition) is 3. The maximum Gasteiger partial charge on any atom is 0.235 e. The van der Waals surface area contributed by atoms with Crippen molar-refractivity contribution >= 4 is 64.2 Å². The first-order valence-electron chi connectivity index (χ1n) is 16.2. The van der Waals surface area contributed by atoms with Crippen molar-refractivity contribution in [2.24, 2.45) is 0 Å². The van der Waals surface area contributed by atoms with Crippen LogP contribution in [0.15, 0.2) is 164 Å². The predicted octanol–water partition coefficient (Wildman–Crippen LogP) is 12.1. The lowest BCUT2D eigenvalue weighted by atomic mass is 10.00. The molecule has 0 saturated carbocycles. The molecule has 48 heavy (non-hydrogen) atoms. The molecule has 7 aromatic carbocycles. The summed E-state index contributed by atoms with van der Waals surface area (Å²) in [6.07, 6.45) is 0. The number of fused-ring (bicyclic) bond motifs is 7. The molecule has 0 atom stereocenters. The number of nitrogens with zero attached hydrogens (tertiary/aromatic N) is 3. The largest absolute Gasteiger partial charge is 0.278 e. The molecule has 10 rings (SSSR count). The van der Waals surface area contributed by atoms with E-state index >= 15 is 0 Å². The van der Waals surface area contributed by atoms with Gasteiger partial charge in [-0.1, -0.05) is 115 Å². The van der Waals surface area contributed by atoms with Gasteiger partial charge in [-0.2, -0.15) is 0 Å². The zero-order valence-corrected chi connectivity index (χ0v) is 26.7. The van der Waals surface area contributed by atoms with Gasteiger partial charge >= 0.3 is 0 Å². The number of benzene rings is 7. The number of thiophene rings is 1. The molecule has 0 amide bonds. The zero-order valence-electron chi connectivity index (χ0n) is 25.8. The topological polar surface area (TPSA) is 30.7 Å². The molecule has 0 unspecified atom stereocenters. The highest BCUT2D eigenvalue weighted by molar-refractivity contribution is 7.25. The molecule has 3 heterocycles. The molecule has 0 aliphatic heterocycles. The third-order valence-corrected chi connectivity index (χ3v) is 10.6. The summed E-state index contributed by atoms with van der Waals surface area (Å²) < 4.78 is 4.86. The quantitative estimate of drug-likeness (QED) is 0.194. The van der Waals surface area contributed by atoms with Gasteiger partial charge < -0.3 is 0 Å². The van der Waals surface area contributed by atoms with E-state index in [1.54, 1.807) is 0 Å². The third-order valence-electron chi connectivity index (χ3n) is 9.42. The Morgan fingerprint density at radius 2 is 1.00 bits per heavy atom. The van der Waals surface area contributed by atoms with Crippen LogP contribution in [0.25, 0.3) is 92.3 Å². The summed E-state index contributed by atoms with van der Waals surface area (Å²) in [5.41, 5.74) is 9.83. The summed E-state index contributed by atoms with van der Waals surface area (Å²) >= 11 is 1.85. The first-order valence-corrected chi connectivity index (χ1v) is 17.0. The number of rotatable bonds is 4. The van der Waals surface area contributed by atoms with E-state index in [0.717, 1.165) is 38.8 Å². The molecule has 4 heteroatoms. The highest BCUT2D eigenvalue weighted by atomic mass is 32.1. The standard InChI is InChI=1S/C44H27N3S/c1-2-11-28(12-3-1)29-13-10-14-32(25-29)43-35-17-4-7-18-38(35)45-44(46-43)47-39-19-8-5-15-33(39)36-26-30(21-23-40(36)47)31-22-24-42-37(27-31)34-16-6-9-20-41(34)48-42/h1-27H. The van der Waals surface area contributed by atoms with Gasteiger partial charge in [0.25, 0.3) is 0 Å². The van der Waals surface area contributed by atoms with E-state index < -0.39 is 0 Å². The number of hydrogen-bond donors (Lipinski definition) is 0. The fourth-order valence-corrected chi connectivity index (χ4v) is 8.22. The van der Waals surface area contributed by atoms with E-state index in [4.69, 9.17) is 9.97 Å². The normalized spacial score (nSPS) is 11.8. The van der Waals surface area contributed by atoms with Crippen LogP contribution in [-0.4, -0.2) is 14.5 Å². The predicted molar refractivity (Wildman–Crippen MR) is 203 cm³/mol. The van der Waals surface area contributed by atoms with E-state index in [-0.39, 0.29) is 0 Å². The van der Waals surface area contributed by atoms with E-state index in [1.165, 1.54) is 47.6 Å². The van der Waals surface area contributed by atoms with Gasteiger partial charge in [-0.15, -0.1) is 11.3 Å². The van der Waals surface area contributed by atoms with Crippen LogP contribution in [0.4, 0.5) is 0 Å². The van der Waals surface area contributed by atoms with Crippen LogP contribution in [0.5, 0.6) is 0 Å². The smallest absolute Gasteiger partial charge is 0.235 e. The number of para-hydroxylation sites is 2. The monoisotopic (exact) mass is 629 g/mol. The summed E-state index contributed by atoms with van der Waals surface area (Å²) in [6.45, 7) is 0. The van der Waals surface area contributed by atoms with Crippen LogP contribution in [0.2, 0.25) is 0 Å². The molecule has 0 fully saturated rings. The molecule has 3 nitrogen and oxygen atoms in total. The Kier molecular flexibility index (Phi) is 6.05. The molecular formula is C44H27N3S.